The van der Waals surface area contributed by atoms with Crippen LogP contribution in [0.2, 0.25) is 0 Å². The molecular weight excluding hydrogens is 750 g/mol. The fourth-order valence-corrected chi connectivity index (χ4v) is 7.35. The summed E-state index contributed by atoms with van der Waals surface area (Å²) in [4.78, 5) is 12.9. The molecule has 12 unspecified atom stereocenters. The van der Waals surface area contributed by atoms with E-state index < -0.39 is 86.8 Å². The normalized spacial score (nSPS) is 29.0. The molecule has 0 aromatic heterocycles. The summed E-state index contributed by atoms with van der Waals surface area (Å²) in [5.74, 6) is -0.255. The molecular formula is C44H81NO13. The van der Waals surface area contributed by atoms with E-state index >= 15 is 0 Å². The number of carbonyl (C=O) groups is 1. The molecule has 14 nitrogen and oxygen atoms in total. The van der Waals surface area contributed by atoms with Crippen molar-refractivity contribution in [1.82, 2.24) is 5.32 Å². The molecule has 2 aliphatic rings. The van der Waals surface area contributed by atoms with Gasteiger partial charge >= 0.3 is 0 Å². The second-order valence-corrected chi connectivity index (χ2v) is 16.2. The van der Waals surface area contributed by atoms with Crippen LogP contribution in [0.4, 0.5) is 0 Å². The van der Waals surface area contributed by atoms with Crippen molar-refractivity contribution in [3.8, 4) is 0 Å². The first kappa shape index (κ1) is 52.6. The van der Waals surface area contributed by atoms with Gasteiger partial charge in [0.1, 0.15) is 48.8 Å². The van der Waals surface area contributed by atoms with E-state index in [1.165, 1.54) is 96.3 Å². The number of allylic oxidation sites excluding steroid dienone is 3. The maximum Gasteiger partial charge on any atom is 0.220 e. The van der Waals surface area contributed by atoms with E-state index in [9.17, 15) is 45.6 Å². The van der Waals surface area contributed by atoms with E-state index in [4.69, 9.17) is 18.9 Å². The molecule has 2 fully saturated rings. The monoisotopic (exact) mass is 832 g/mol. The summed E-state index contributed by atoms with van der Waals surface area (Å²) in [5, 5.41) is 85.6. The number of ether oxygens (including phenoxy) is 4. The maximum absolute atomic E-state index is 12.9. The second-order valence-electron chi connectivity index (χ2n) is 16.2. The van der Waals surface area contributed by atoms with Crippen LogP contribution in [0.25, 0.3) is 0 Å². The number of aliphatic hydroxyl groups is 8. The van der Waals surface area contributed by atoms with E-state index in [-0.39, 0.29) is 18.9 Å². The Labute approximate surface area is 348 Å². The molecule has 12 atom stereocenters. The molecule has 9 N–H and O–H groups in total. The van der Waals surface area contributed by atoms with Crippen molar-refractivity contribution in [2.24, 2.45) is 0 Å². The lowest BCUT2D eigenvalue weighted by molar-refractivity contribution is -0.359. The fourth-order valence-electron chi connectivity index (χ4n) is 7.35. The van der Waals surface area contributed by atoms with E-state index in [1.54, 1.807) is 12.2 Å². The number of amides is 1. The topological polar surface area (TPSA) is 228 Å². The van der Waals surface area contributed by atoms with Gasteiger partial charge < -0.3 is 65.1 Å². The van der Waals surface area contributed by atoms with Crippen molar-refractivity contribution >= 4 is 5.91 Å². The van der Waals surface area contributed by atoms with Gasteiger partial charge in [-0.05, 0) is 38.5 Å². The number of hydrogen-bond acceptors (Lipinski definition) is 13. The third-order valence-electron chi connectivity index (χ3n) is 11.1. The van der Waals surface area contributed by atoms with E-state index in [0.717, 1.165) is 32.1 Å². The molecule has 0 radical (unpaired) electrons. The molecule has 0 spiro atoms. The molecule has 0 saturated carbocycles. The van der Waals surface area contributed by atoms with Crippen molar-refractivity contribution < 1.29 is 64.6 Å². The summed E-state index contributed by atoms with van der Waals surface area (Å²) in [6.45, 7) is 2.54. The predicted molar refractivity (Wildman–Crippen MR) is 221 cm³/mol. The van der Waals surface area contributed by atoms with Gasteiger partial charge in [0.25, 0.3) is 0 Å². The fraction of sp³-hybridized carbons (Fsp3) is 0.886. The molecule has 14 heteroatoms. The SMILES string of the molecule is CCC/C=C/C(O)C(COC1OC(CO)C(OC2OC(CO)C(O)C(O)C2O)C(O)C1O)NC(=O)CCCCCCCCCCC/C=C\CCCCCCCCCC. The number of rotatable bonds is 33. The van der Waals surface area contributed by atoms with Crippen LogP contribution in [0, 0.1) is 0 Å². The minimum atomic E-state index is -1.78. The number of carbonyl (C=O) groups excluding carboxylic acids is 1. The highest BCUT2D eigenvalue weighted by Gasteiger charge is 2.50. The average Bonchev–Trinajstić information content (AvgIpc) is 3.22. The van der Waals surface area contributed by atoms with Gasteiger partial charge in [-0.25, -0.2) is 0 Å². The van der Waals surface area contributed by atoms with Gasteiger partial charge in [-0.2, -0.15) is 0 Å². The summed E-state index contributed by atoms with van der Waals surface area (Å²) < 4.78 is 22.4. The van der Waals surface area contributed by atoms with Crippen molar-refractivity contribution in [1.29, 1.82) is 0 Å². The maximum atomic E-state index is 12.9. The molecule has 0 bridgehead atoms. The Kier molecular flexibility index (Phi) is 29.2. The largest absolute Gasteiger partial charge is 0.394 e. The van der Waals surface area contributed by atoms with Gasteiger partial charge in [0.2, 0.25) is 5.91 Å². The smallest absolute Gasteiger partial charge is 0.220 e. The zero-order chi connectivity index (χ0) is 42.5. The molecule has 340 valence electrons. The highest BCUT2D eigenvalue weighted by molar-refractivity contribution is 5.76. The Hall–Kier alpha value is -1.53. The van der Waals surface area contributed by atoms with Gasteiger partial charge in [-0.1, -0.05) is 134 Å². The summed E-state index contributed by atoms with van der Waals surface area (Å²) in [6, 6.07) is -0.908. The Balaban J connectivity index is 1.69. The van der Waals surface area contributed by atoms with Crippen LogP contribution in [0.15, 0.2) is 24.3 Å². The second kappa shape index (κ2) is 32.2. The zero-order valence-corrected chi connectivity index (χ0v) is 35.5. The third kappa shape index (κ3) is 20.4. The van der Waals surface area contributed by atoms with Crippen molar-refractivity contribution in [2.75, 3.05) is 19.8 Å². The summed E-state index contributed by atoms with van der Waals surface area (Å²) in [7, 11) is 0. The quantitative estimate of drug-likeness (QED) is 0.0334. The molecule has 2 saturated heterocycles. The van der Waals surface area contributed by atoms with Crippen LogP contribution in [0.5, 0.6) is 0 Å². The number of aliphatic hydroxyl groups excluding tert-OH is 8. The first-order valence-electron chi connectivity index (χ1n) is 22.6. The van der Waals surface area contributed by atoms with Crippen LogP contribution in [0.1, 0.15) is 155 Å². The zero-order valence-electron chi connectivity index (χ0n) is 35.5. The van der Waals surface area contributed by atoms with Crippen molar-refractivity contribution in [2.45, 2.75) is 229 Å². The highest BCUT2D eigenvalue weighted by Crippen LogP contribution is 2.30. The summed E-state index contributed by atoms with van der Waals surface area (Å²) in [5.41, 5.74) is 0. The standard InChI is InChI=1S/C44H81NO13/c1-3-5-7-8-9-10-11-12-13-14-15-16-17-18-19-20-21-22-23-24-26-28-36(49)45-32(33(48)27-25-6-4-2)31-55-43-41(54)39(52)42(35(30-47)57-43)58-44-40(53)38(51)37(50)34(29-46)56-44/h14-15,25,27,32-35,37-44,46-48,50-54H,3-13,16-24,26,28-31H2,1-2H3,(H,45,49)/b15-14-,27-25+. The molecule has 2 rings (SSSR count). The predicted octanol–water partition coefficient (Wildman–Crippen LogP) is 4.21. The van der Waals surface area contributed by atoms with Gasteiger partial charge in [-0.3, -0.25) is 4.79 Å². The van der Waals surface area contributed by atoms with Crippen molar-refractivity contribution in [3.05, 3.63) is 24.3 Å². The van der Waals surface area contributed by atoms with Crippen LogP contribution < -0.4 is 5.32 Å². The summed E-state index contributed by atoms with van der Waals surface area (Å²) in [6.07, 6.45) is 16.3. The van der Waals surface area contributed by atoms with Crippen molar-refractivity contribution in [3.63, 3.8) is 0 Å². The minimum absolute atomic E-state index is 0.255. The van der Waals surface area contributed by atoms with Crippen LogP contribution in [-0.4, -0.2) is 140 Å². The Morgan fingerprint density at radius 2 is 1.12 bits per heavy atom. The van der Waals surface area contributed by atoms with Crippen LogP contribution in [0.3, 0.4) is 0 Å². The van der Waals surface area contributed by atoms with E-state index in [1.807, 2.05) is 6.92 Å². The first-order chi connectivity index (χ1) is 28.1. The van der Waals surface area contributed by atoms with E-state index in [0.29, 0.717) is 6.42 Å². The lowest BCUT2D eigenvalue weighted by Crippen LogP contribution is -2.65. The molecule has 1 amide bonds. The van der Waals surface area contributed by atoms with Gasteiger partial charge in [0.05, 0.1) is 32.0 Å². The molecule has 58 heavy (non-hydrogen) atoms. The van der Waals surface area contributed by atoms with Crippen LogP contribution in [-0.2, 0) is 23.7 Å². The Morgan fingerprint density at radius 3 is 1.67 bits per heavy atom. The Morgan fingerprint density at radius 1 is 0.603 bits per heavy atom. The molecule has 0 aromatic carbocycles. The molecule has 0 aromatic rings. The molecule has 2 aliphatic heterocycles. The Bertz CT molecular complexity index is 1080. The van der Waals surface area contributed by atoms with E-state index in [2.05, 4.69) is 24.4 Å². The minimum Gasteiger partial charge on any atom is -0.394 e. The lowest BCUT2D eigenvalue weighted by atomic mass is 9.97. The van der Waals surface area contributed by atoms with Crippen LogP contribution >= 0.6 is 0 Å². The van der Waals surface area contributed by atoms with Gasteiger partial charge in [-0.15, -0.1) is 0 Å². The highest BCUT2D eigenvalue weighted by atomic mass is 16.7. The first-order valence-corrected chi connectivity index (χ1v) is 22.6. The average molecular weight is 832 g/mol. The lowest BCUT2D eigenvalue weighted by Gasteiger charge is -2.46. The van der Waals surface area contributed by atoms with Gasteiger partial charge in [0, 0.05) is 6.42 Å². The van der Waals surface area contributed by atoms with Gasteiger partial charge in [0.15, 0.2) is 12.6 Å². The molecule has 2 heterocycles. The number of hydrogen-bond donors (Lipinski definition) is 9. The number of nitrogens with one attached hydrogen (secondary N) is 1. The molecule has 0 aliphatic carbocycles. The third-order valence-corrected chi connectivity index (χ3v) is 11.1. The summed E-state index contributed by atoms with van der Waals surface area (Å²) >= 11 is 0. The number of unbranched alkanes of at least 4 members (excludes halogenated alkanes) is 18.